The summed E-state index contributed by atoms with van der Waals surface area (Å²) in [5, 5.41) is 3.62. The largest absolute Gasteiger partial charge is 0.368 e. The number of amides is 1. The molecule has 1 saturated heterocycles. The van der Waals surface area contributed by atoms with Crippen LogP contribution in [0.25, 0.3) is 5.65 Å². The van der Waals surface area contributed by atoms with Crippen LogP contribution in [0, 0.1) is 5.82 Å². The van der Waals surface area contributed by atoms with E-state index in [0.717, 1.165) is 48.8 Å². The Morgan fingerprint density at radius 1 is 0.921 bits per heavy atom. The third-order valence-electron chi connectivity index (χ3n) is 6.44. The second-order valence-corrected chi connectivity index (χ2v) is 9.07. The van der Waals surface area contributed by atoms with E-state index in [9.17, 15) is 9.18 Å². The lowest BCUT2D eigenvalue weighted by molar-refractivity contribution is 0.0944. The first-order valence-corrected chi connectivity index (χ1v) is 12.2. The van der Waals surface area contributed by atoms with Gasteiger partial charge >= 0.3 is 0 Å². The molecule has 0 saturated carbocycles. The van der Waals surface area contributed by atoms with Gasteiger partial charge < -0.3 is 15.1 Å². The van der Waals surface area contributed by atoms with Crippen molar-refractivity contribution in [1.82, 2.24) is 14.7 Å². The normalized spacial score (nSPS) is 12.8. The molecule has 4 aromatic rings. The van der Waals surface area contributed by atoms with Crippen molar-refractivity contribution in [2.45, 2.75) is 19.9 Å². The quantitative estimate of drug-likeness (QED) is 0.286. The fraction of sp³-hybridized carbons (Fsp3) is 0.259. The van der Waals surface area contributed by atoms with E-state index >= 15 is 0 Å². The molecule has 0 unspecified atom stereocenters. The predicted molar refractivity (Wildman–Crippen MR) is 160 cm³/mol. The van der Waals surface area contributed by atoms with Gasteiger partial charge in [0.25, 0.3) is 5.91 Å². The van der Waals surface area contributed by atoms with Gasteiger partial charge in [-0.1, -0.05) is 30.7 Å². The number of carbonyl (C=O) groups is 1. The lowest BCUT2D eigenvalue weighted by Crippen LogP contribution is -2.46. The summed E-state index contributed by atoms with van der Waals surface area (Å²) in [4.78, 5) is 22.2. The topological polar surface area (TPSA) is 52.9 Å². The summed E-state index contributed by atoms with van der Waals surface area (Å²) >= 11 is 6.08. The molecule has 38 heavy (non-hydrogen) atoms. The molecule has 1 amide bonds. The summed E-state index contributed by atoms with van der Waals surface area (Å²) in [5.74, 6) is -0.365. The average Bonchev–Trinajstić information content (AvgIpc) is 3.26. The van der Waals surface area contributed by atoms with Crippen molar-refractivity contribution in [3.63, 3.8) is 0 Å². The number of nitrogens with zero attached hydrogens (tertiary/aromatic N) is 4. The molecule has 204 valence electrons. The number of aryl methyl sites for hydroxylation is 1. The lowest BCUT2D eigenvalue weighted by atomic mass is 10.1. The zero-order valence-electron chi connectivity index (χ0n) is 20.8. The number of halogens is 5. The van der Waals surface area contributed by atoms with Crippen LogP contribution < -0.4 is 15.1 Å². The highest BCUT2D eigenvalue weighted by Crippen LogP contribution is 2.22. The van der Waals surface area contributed by atoms with E-state index in [1.165, 1.54) is 12.1 Å². The Morgan fingerprint density at radius 3 is 2.03 bits per heavy atom. The number of piperazine rings is 1. The first-order chi connectivity index (χ1) is 17.0. The fourth-order valence-electron chi connectivity index (χ4n) is 4.52. The molecule has 1 fully saturated rings. The SMILES string of the molecule is CCc1nc2cc(Cl)ccn2c1C(=O)NCc1ccc(N2CCN(c3ccc(F)cc3)CC2)cc1.Cl.Cl.Cl. The van der Waals surface area contributed by atoms with Crippen LogP contribution in [0.4, 0.5) is 15.8 Å². The number of carbonyl (C=O) groups excluding carboxylic acids is 1. The van der Waals surface area contributed by atoms with Gasteiger partial charge in [0.2, 0.25) is 0 Å². The van der Waals surface area contributed by atoms with E-state index in [-0.39, 0.29) is 48.9 Å². The Morgan fingerprint density at radius 2 is 1.47 bits per heavy atom. The Hall–Kier alpha value is -2.71. The molecule has 1 N–H and O–H groups in total. The zero-order chi connectivity index (χ0) is 24.4. The van der Waals surface area contributed by atoms with Gasteiger partial charge in [-0.15, -0.1) is 37.2 Å². The Bertz CT molecular complexity index is 1340. The van der Waals surface area contributed by atoms with Crippen LogP contribution in [0.1, 0.15) is 28.7 Å². The van der Waals surface area contributed by atoms with Crippen molar-refractivity contribution in [2.24, 2.45) is 0 Å². The molecule has 2 aromatic carbocycles. The van der Waals surface area contributed by atoms with Crippen LogP contribution >= 0.6 is 48.8 Å². The number of anilines is 2. The van der Waals surface area contributed by atoms with Gasteiger partial charge in [0.1, 0.15) is 17.2 Å². The van der Waals surface area contributed by atoms with Crippen LogP contribution in [0.5, 0.6) is 0 Å². The fourth-order valence-corrected chi connectivity index (χ4v) is 4.67. The van der Waals surface area contributed by atoms with Gasteiger partial charge in [0.15, 0.2) is 0 Å². The summed E-state index contributed by atoms with van der Waals surface area (Å²) < 4.78 is 15.0. The highest BCUT2D eigenvalue weighted by Gasteiger charge is 2.19. The smallest absolute Gasteiger partial charge is 0.270 e. The minimum atomic E-state index is -0.210. The van der Waals surface area contributed by atoms with Crippen molar-refractivity contribution < 1.29 is 9.18 Å². The molecule has 2 aromatic heterocycles. The molecule has 0 radical (unpaired) electrons. The minimum absolute atomic E-state index is 0. The Kier molecular flexibility index (Phi) is 11.5. The highest BCUT2D eigenvalue weighted by atomic mass is 35.5. The number of pyridine rings is 1. The van der Waals surface area contributed by atoms with Crippen LogP contribution in [-0.2, 0) is 13.0 Å². The third kappa shape index (κ3) is 6.83. The van der Waals surface area contributed by atoms with E-state index in [4.69, 9.17) is 11.6 Å². The summed E-state index contributed by atoms with van der Waals surface area (Å²) in [6.45, 7) is 5.97. The van der Waals surface area contributed by atoms with E-state index in [2.05, 4.69) is 44.4 Å². The van der Waals surface area contributed by atoms with E-state index in [1.54, 1.807) is 22.7 Å². The molecule has 1 aliphatic heterocycles. The number of fused-ring (bicyclic) bond motifs is 1. The second-order valence-electron chi connectivity index (χ2n) is 8.63. The number of nitrogens with one attached hydrogen (secondary N) is 1. The van der Waals surface area contributed by atoms with Crippen molar-refractivity contribution in [2.75, 3.05) is 36.0 Å². The molecule has 0 spiro atoms. The maximum absolute atomic E-state index is 13.2. The molecule has 1 aliphatic rings. The average molecular weight is 601 g/mol. The van der Waals surface area contributed by atoms with Crippen molar-refractivity contribution >= 4 is 71.8 Å². The summed E-state index contributed by atoms with van der Waals surface area (Å²) in [5.41, 5.74) is 5.21. The molecule has 6 nitrogen and oxygen atoms in total. The highest BCUT2D eigenvalue weighted by molar-refractivity contribution is 6.30. The van der Waals surface area contributed by atoms with Crippen molar-refractivity contribution in [1.29, 1.82) is 0 Å². The third-order valence-corrected chi connectivity index (χ3v) is 6.67. The van der Waals surface area contributed by atoms with Gasteiger partial charge in [-0.2, -0.15) is 0 Å². The van der Waals surface area contributed by atoms with Gasteiger partial charge in [-0.05, 0) is 54.4 Å². The van der Waals surface area contributed by atoms with E-state index in [1.807, 2.05) is 19.1 Å². The second kappa shape index (κ2) is 13.9. The summed E-state index contributed by atoms with van der Waals surface area (Å²) in [7, 11) is 0. The van der Waals surface area contributed by atoms with Crippen LogP contribution in [0.3, 0.4) is 0 Å². The number of benzene rings is 2. The van der Waals surface area contributed by atoms with Crippen LogP contribution in [-0.4, -0.2) is 41.5 Å². The molecular formula is C27H30Cl4FN5O. The monoisotopic (exact) mass is 599 g/mol. The van der Waals surface area contributed by atoms with Crippen LogP contribution in [0.15, 0.2) is 66.9 Å². The molecule has 0 atom stereocenters. The molecule has 0 bridgehead atoms. The Labute approximate surface area is 245 Å². The maximum Gasteiger partial charge on any atom is 0.270 e. The van der Waals surface area contributed by atoms with Crippen LogP contribution in [0.2, 0.25) is 5.02 Å². The minimum Gasteiger partial charge on any atom is -0.368 e. The number of aromatic nitrogens is 2. The number of imidazole rings is 1. The van der Waals surface area contributed by atoms with Gasteiger partial charge in [-0.3, -0.25) is 9.20 Å². The van der Waals surface area contributed by atoms with Gasteiger partial charge in [0, 0.05) is 61.4 Å². The lowest BCUT2D eigenvalue weighted by Gasteiger charge is -2.37. The first-order valence-electron chi connectivity index (χ1n) is 11.8. The number of hydrogen-bond donors (Lipinski definition) is 1. The molecule has 0 aliphatic carbocycles. The van der Waals surface area contributed by atoms with E-state index in [0.29, 0.717) is 29.3 Å². The number of hydrogen-bond acceptors (Lipinski definition) is 4. The standard InChI is InChI=1S/C27H27ClFN5O.3ClH/c1-2-24-26(34-12-11-20(28)17-25(34)31-24)27(35)30-18-19-3-7-22(8-4-19)32-13-15-33(16-14-32)23-9-5-21(29)6-10-23;;;/h3-12,17H,2,13-16,18H2,1H3,(H,30,35);3*1H. The van der Waals surface area contributed by atoms with Gasteiger partial charge in [-0.25, -0.2) is 9.37 Å². The predicted octanol–water partition coefficient (Wildman–Crippen LogP) is 6.21. The molecule has 5 rings (SSSR count). The molecule has 3 heterocycles. The summed E-state index contributed by atoms with van der Waals surface area (Å²) in [6, 6.07) is 18.5. The molecular weight excluding hydrogens is 571 g/mol. The Balaban J connectivity index is 0.00000169. The van der Waals surface area contributed by atoms with Crippen molar-refractivity contribution in [3.05, 3.63) is 94.7 Å². The van der Waals surface area contributed by atoms with E-state index < -0.39 is 0 Å². The van der Waals surface area contributed by atoms with Crippen molar-refractivity contribution in [3.8, 4) is 0 Å². The first kappa shape index (κ1) is 31.5. The van der Waals surface area contributed by atoms with Gasteiger partial charge in [0.05, 0.1) is 5.69 Å². The zero-order valence-corrected chi connectivity index (χ0v) is 24.0. The molecule has 11 heteroatoms. The maximum atomic E-state index is 13.2. The number of rotatable bonds is 6. The summed E-state index contributed by atoms with van der Waals surface area (Å²) in [6.07, 6.45) is 2.44.